The van der Waals surface area contributed by atoms with Crippen LogP contribution in [0.5, 0.6) is 0 Å². The van der Waals surface area contributed by atoms with Crippen LogP contribution in [0.2, 0.25) is 5.15 Å². The summed E-state index contributed by atoms with van der Waals surface area (Å²) in [6.07, 6.45) is 3.89. The number of pyridine rings is 2. The van der Waals surface area contributed by atoms with E-state index in [1.165, 1.54) is 23.4 Å². The third-order valence-corrected chi connectivity index (χ3v) is 6.17. The van der Waals surface area contributed by atoms with Gasteiger partial charge in [0, 0.05) is 24.0 Å². The van der Waals surface area contributed by atoms with Crippen LogP contribution >= 0.6 is 11.6 Å². The van der Waals surface area contributed by atoms with E-state index < -0.39 is 21.6 Å². The molecular formula is C23H17ClFN3O3S. The van der Waals surface area contributed by atoms with E-state index in [9.17, 15) is 17.6 Å². The number of carbonyl (C=O) groups is 1. The Labute approximate surface area is 189 Å². The van der Waals surface area contributed by atoms with E-state index in [1.54, 1.807) is 24.3 Å². The summed E-state index contributed by atoms with van der Waals surface area (Å²) in [5.74, 6) is -1.19. The molecule has 0 atom stereocenters. The van der Waals surface area contributed by atoms with Gasteiger partial charge >= 0.3 is 0 Å². The van der Waals surface area contributed by atoms with Crippen LogP contribution in [0.1, 0.15) is 15.9 Å². The number of rotatable bonds is 5. The van der Waals surface area contributed by atoms with Crippen molar-refractivity contribution in [1.82, 2.24) is 9.97 Å². The van der Waals surface area contributed by atoms with Crippen molar-refractivity contribution >= 4 is 43.9 Å². The van der Waals surface area contributed by atoms with Gasteiger partial charge in [0.25, 0.3) is 5.91 Å². The summed E-state index contributed by atoms with van der Waals surface area (Å²) in [5.41, 5.74) is 1.65. The number of amides is 1. The second kappa shape index (κ2) is 8.64. The largest absolute Gasteiger partial charge is 0.303 e. The Morgan fingerprint density at radius 2 is 1.88 bits per heavy atom. The van der Waals surface area contributed by atoms with Gasteiger partial charge in [0.2, 0.25) is 0 Å². The lowest BCUT2D eigenvalue weighted by Crippen LogP contribution is -2.31. The number of fused-ring (bicyclic) bond motifs is 1. The third-order valence-electron chi connectivity index (χ3n) is 4.83. The number of benzene rings is 2. The van der Waals surface area contributed by atoms with Crippen LogP contribution in [0.4, 0.5) is 10.1 Å². The molecule has 0 bridgehead atoms. The van der Waals surface area contributed by atoms with Crippen molar-refractivity contribution in [3.63, 3.8) is 0 Å². The highest BCUT2D eigenvalue weighted by molar-refractivity contribution is 7.90. The van der Waals surface area contributed by atoms with E-state index in [4.69, 9.17) is 11.6 Å². The van der Waals surface area contributed by atoms with Crippen LogP contribution in [0.25, 0.3) is 10.9 Å². The molecule has 0 unspecified atom stereocenters. The predicted molar refractivity (Wildman–Crippen MR) is 121 cm³/mol. The fraction of sp³-hybridized carbons (Fsp3) is 0.0870. The fourth-order valence-electron chi connectivity index (χ4n) is 3.34. The summed E-state index contributed by atoms with van der Waals surface area (Å²) >= 11 is 6.00. The molecule has 0 aliphatic carbocycles. The molecule has 32 heavy (non-hydrogen) atoms. The second-order valence-corrected chi connectivity index (χ2v) is 9.55. The normalized spacial score (nSPS) is 11.5. The number of aromatic nitrogens is 2. The van der Waals surface area contributed by atoms with E-state index in [0.29, 0.717) is 16.2 Å². The quantitative estimate of drug-likeness (QED) is 0.397. The molecular weight excluding hydrogens is 453 g/mol. The van der Waals surface area contributed by atoms with Gasteiger partial charge < -0.3 is 4.90 Å². The maximum atomic E-state index is 13.9. The number of halogens is 2. The molecule has 0 saturated heterocycles. The molecule has 2 heterocycles. The Balaban J connectivity index is 1.85. The minimum Gasteiger partial charge on any atom is -0.303 e. The summed E-state index contributed by atoms with van der Waals surface area (Å²) < 4.78 is 38.7. The third kappa shape index (κ3) is 4.61. The number of carbonyl (C=O) groups excluding carboxylic acids is 1. The molecule has 4 aromatic rings. The molecule has 162 valence electrons. The van der Waals surface area contributed by atoms with E-state index in [2.05, 4.69) is 9.97 Å². The van der Waals surface area contributed by atoms with Gasteiger partial charge in [-0.3, -0.25) is 9.78 Å². The van der Waals surface area contributed by atoms with Gasteiger partial charge in [-0.2, -0.15) is 0 Å². The molecule has 6 nitrogen and oxygen atoms in total. The second-order valence-electron chi connectivity index (χ2n) is 7.18. The molecule has 9 heteroatoms. The van der Waals surface area contributed by atoms with E-state index in [1.807, 2.05) is 18.2 Å². The van der Waals surface area contributed by atoms with Crippen molar-refractivity contribution in [1.29, 1.82) is 0 Å². The zero-order chi connectivity index (χ0) is 22.9. The number of nitrogens with zero attached hydrogens (tertiary/aromatic N) is 3. The van der Waals surface area contributed by atoms with E-state index in [-0.39, 0.29) is 22.7 Å². The molecule has 0 spiro atoms. The van der Waals surface area contributed by atoms with Crippen LogP contribution in [0, 0.1) is 5.82 Å². The Kier molecular flexibility index (Phi) is 5.90. The monoisotopic (exact) mass is 469 g/mol. The van der Waals surface area contributed by atoms with Crippen LogP contribution in [-0.4, -0.2) is 30.5 Å². The molecule has 0 aliphatic rings. The number of hydrogen-bond donors (Lipinski definition) is 0. The molecule has 2 aromatic heterocycles. The standard InChI is InChI=1S/C23H17ClFN3O3S/c1-32(30,31)21-12-18(25)7-8-20(21)28(23(29)17-3-2-10-26-13-17)14-15-4-5-16-6-9-22(24)27-19(16)11-15/h2-13H,14H2,1H3. The average molecular weight is 470 g/mol. The zero-order valence-corrected chi connectivity index (χ0v) is 18.4. The Hall–Kier alpha value is -3.36. The lowest BCUT2D eigenvalue weighted by molar-refractivity contribution is 0.0984. The SMILES string of the molecule is CS(=O)(=O)c1cc(F)ccc1N(Cc1ccc2ccc(Cl)nc2c1)C(=O)c1cccnc1. The van der Waals surface area contributed by atoms with Gasteiger partial charge in [-0.1, -0.05) is 23.7 Å². The van der Waals surface area contributed by atoms with Gasteiger partial charge in [-0.05, 0) is 54.1 Å². The predicted octanol–water partition coefficient (Wildman–Crippen LogP) is 4.67. The van der Waals surface area contributed by atoms with Gasteiger partial charge in [-0.25, -0.2) is 17.8 Å². The molecule has 1 amide bonds. The lowest BCUT2D eigenvalue weighted by atomic mass is 10.1. The van der Waals surface area contributed by atoms with Crippen molar-refractivity contribution in [2.24, 2.45) is 0 Å². The maximum Gasteiger partial charge on any atom is 0.260 e. The highest BCUT2D eigenvalue weighted by atomic mass is 35.5. The summed E-state index contributed by atoms with van der Waals surface area (Å²) in [4.78, 5) is 22.7. The highest BCUT2D eigenvalue weighted by Crippen LogP contribution is 2.30. The average Bonchev–Trinajstić information content (AvgIpc) is 2.77. The summed E-state index contributed by atoms with van der Waals surface area (Å²) in [6.45, 7) is 0.0199. The molecule has 0 aliphatic heterocycles. The van der Waals surface area contributed by atoms with E-state index >= 15 is 0 Å². The zero-order valence-electron chi connectivity index (χ0n) is 16.9. The van der Waals surface area contributed by atoms with Crippen LogP contribution in [0.3, 0.4) is 0 Å². The van der Waals surface area contributed by atoms with Crippen molar-refractivity contribution in [2.45, 2.75) is 11.4 Å². The minimum absolute atomic E-state index is 0.0199. The van der Waals surface area contributed by atoms with Gasteiger partial charge in [-0.15, -0.1) is 0 Å². The first kappa shape index (κ1) is 21.9. The van der Waals surface area contributed by atoms with Gasteiger partial charge in [0.15, 0.2) is 9.84 Å². The first-order valence-corrected chi connectivity index (χ1v) is 11.8. The summed E-state index contributed by atoms with van der Waals surface area (Å²) in [6, 6.07) is 15.4. The van der Waals surface area contributed by atoms with Crippen LogP contribution in [-0.2, 0) is 16.4 Å². The molecule has 0 radical (unpaired) electrons. The number of hydrogen-bond acceptors (Lipinski definition) is 5. The Morgan fingerprint density at radius 1 is 1.09 bits per heavy atom. The van der Waals surface area contributed by atoms with Crippen LogP contribution < -0.4 is 4.90 Å². The maximum absolute atomic E-state index is 13.9. The van der Waals surface area contributed by atoms with Crippen molar-refractivity contribution in [3.8, 4) is 0 Å². The smallest absolute Gasteiger partial charge is 0.260 e. The van der Waals surface area contributed by atoms with Gasteiger partial charge in [0.05, 0.1) is 28.2 Å². The molecule has 0 N–H and O–H groups in total. The van der Waals surface area contributed by atoms with Crippen molar-refractivity contribution in [2.75, 3.05) is 11.2 Å². The topological polar surface area (TPSA) is 80.2 Å². The summed E-state index contributed by atoms with van der Waals surface area (Å²) in [7, 11) is -3.83. The Morgan fingerprint density at radius 3 is 2.59 bits per heavy atom. The summed E-state index contributed by atoms with van der Waals surface area (Å²) in [5, 5.41) is 1.19. The number of anilines is 1. The fourth-order valence-corrected chi connectivity index (χ4v) is 4.38. The van der Waals surface area contributed by atoms with E-state index in [0.717, 1.165) is 23.8 Å². The first-order valence-electron chi connectivity index (χ1n) is 9.49. The molecule has 0 saturated carbocycles. The minimum atomic E-state index is -3.83. The van der Waals surface area contributed by atoms with Gasteiger partial charge in [0.1, 0.15) is 11.0 Å². The molecule has 2 aromatic carbocycles. The number of sulfone groups is 1. The Bertz CT molecular complexity index is 1430. The van der Waals surface area contributed by atoms with Crippen LogP contribution in [0.15, 0.2) is 78.0 Å². The molecule has 0 fully saturated rings. The first-order chi connectivity index (χ1) is 15.2. The van der Waals surface area contributed by atoms with Crippen molar-refractivity contribution in [3.05, 3.63) is 95.2 Å². The molecule has 4 rings (SSSR count). The lowest BCUT2D eigenvalue weighted by Gasteiger charge is -2.25. The highest BCUT2D eigenvalue weighted by Gasteiger charge is 2.25. The van der Waals surface area contributed by atoms with Crippen molar-refractivity contribution < 1.29 is 17.6 Å².